The fourth-order valence-electron chi connectivity index (χ4n) is 4.04. The van der Waals surface area contributed by atoms with Crippen LogP contribution < -0.4 is 10.6 Å². The molecule has 3 rings (SSSR count). The Balaban J connectivity index is 1.90. The molecule has 8 nitrogen and oxygen atoms in total. The Morgan fingerprint density at radius 1 is 0.676 bits per heavy atom. The largest absolute Gasteiger partial charge is 0.355 e. The summed E-state index contributed by atoms with van der Waals surface area (Å²) in [6.07, 6.45) is -2.69. The zero-order valence-corrected chi connectivity index (χ0v) is 20.1. The van der Waals surface area contributed by atoms with E-state index in [-0.39, 0.29) is 24.7 Å². The summed E-state index contributed by atoms with van der Waals surface area (Å²) in [5.41, 5.74) is 1.73. The number of amides is 2. The first-order valence-electron chi connectivity index (χ1n) is 11.5. The van der Waals surface area contributed by atoms with Crippen LogP contribution in [0.5, 0.6) is 0 Å². The number of benzene rings is 2. The van der Waals surface area contributed by atoms with Crippen molar-refractivity contribution in [1.29, 1.82) is 0 Å². The quantitative estimate of drug-likeness (QED) is 0.712. The molecule has 0 aliphatic carbocycles. The van der Waals surface area contributed by atoms with Crippen LogP contribution in [-0.2, 0) is 28.5 Å². The molecule has 0 spiro atoms. The van der Waals surface area contributed by atoms with Gasteiger partial charge in [0, 0.05) is 14.2 Å². The molecule has 0 unspecified atom stereocenters. The Kier molecular flexibility index (Phi) is 9.59. The van der Waals surface area contributed by atoms with Crippen LogP contribution in [0.15, 0.2) is 60.7 Å². The number of nitrogens with one attached hydrogen (secondary N) is 2. The van der Waals surface area contributed by atoms with Crippen molar-refractivity contribution in [2.75, 3.05) is 14.2 Å². The first-order valence-corrected chi connectivity index (χ1v) is 11.5. The molecule has 1 saturated heterocycles. The van der Waals surface area contributed by atoms with Crippen LogP contribution in [0, 0.1) is 0 Å². The van der Waals surface area contributed by atoms with E-state index in [4.69, 9.17) is 18.9 Å². The lowest BCUT2D eigenvalue weighted by atomic mass is 10.0. The van der Waals surface area contributed by atoms with Gasteiger partial charge in [-0.25, -0.2) is 0 Å². The molecule has 8 heteroatoms. The molecule has 2 amide bonds. The third kappa shape index (κ3) is 7.11. The highest BCUT2D eigenvalue weighted by molar-refractivity contribution is 5.77. The van der Waals surface area contributed by atoms with Crippen LogP contribution in [0.2, 0.25) is 0 Å². The lowest BCUT2D eigenvalue weighted by Gasteiger charge is -2.32. The summed E-state index contributed by atoms with van der Waals surface area (Å²) in [4.78, 5) is 25.8. The number of rotatable bonds is 4. The van der Waals surface area contributed by atoms with Crippen molar-refractivity contribution in [3.05, 3.63) is 71.8 Å². The van der Waals surface area contributed by atoms with Gasteiger partial charge in [-0.3, -0.25) is 9.59 Å². The molecule has 2 N–H and O–H groups in total. The van der Waals surface area contributed by atoms with Crippen molar-refractivity contribution in [3.63, 3.8) is 0 Å². The maximum absolute atomic E-state index is 12.9. The molecule has 1 aliphatic heterocycles. The van der Waals surface area contributed by atoms with E-state index in [2.05, 4.69) is 10.6 Å². The van der Waals surface area contributed by atoms with Crippen molar-refractivity contribution in [2.24, 2.45) is 0 Å². The average Bonchev–Trinajstić information content (AvgIpc) is 2.84. The second-order valence-electron chi connectivity index (χ2n) is 8.39. The number of carbonyl (C=O) groups is 2. The molecule has 0 bridgehead atoms. The first-order chi connectivity index (χ1) is 16.4. The van der Waals surface area contributed by atoms with E-state index in [0.717, 1.165) is 11.1 Å². The van der Waals surface area contributed by atoms with Gasteiger partial charge in [0.05, 0.1) is 24.9 Å². The van der Waals surface area contributed by atoms with Crippen molar-refractivity contribution in [1.82, 2.24) is 10.6 Å². The molecule has 1 heterocycles. The molecule has 0 saturated carbocycles. The van der Waals surface area contributed by atoms with Crippen LogP contribution >= 0.6 is 0 Å². The maximum Gasteiger partial charge on any atom is 0.225 e. The Hall–Kier alpha value is -2.78. The second-order valence-corrected chi connectivity index (χ2v) is 8.39. The van der Waals surface area contributed by atoms with Crippen LogP contribution in [-0.4, -0.2) is 50.7 Å². The summed E-state index contributed by atoms with van der Waals surface area (Å²) < 4.78 is 23.4. The Bertz CT molecular complexity index is 835. The van der Waals surface area contributed by atoms with Gasteiger partial charge in [0.1, 0.15) is 12.2 Å². The Labute approximate surface area is 200 Å². The molecular weight excluding hydrogens is 436 g/mol. The number of methoxy groups -OCH3 is 2. The van der Waals surface area contributed by atoms with Gasteiger partial charge in [-0.15, -0.1) is 0 Å². The van der Waals surface area contributed by atoms with Gasteiger partial charge in [0.2, 0.25) is 11.8 Å². The van der Waals surface area contributed by atoms with Crippen LogP contribution in [0.25, 0.3) is 0 Å². The molecule has 0 aromatic heterocycles. The van der Waals surface area contributed by atoms with Gasteiger partial charge in [-0.05, 0) is 25.0 Å². The van der Waals surface area contributed by atoms with E-state index < -0.39 is 36.9 Å². The molecule has 1 fully saturated rings. The van der Waals surface area contributed by atoms with E-state index in [9.17, 15) is 9.59 Å². The highest BCUT2D eigenvalue weighted by Crippen LogP contribution is 2.27. The normalized spacial score (nSPS) is 29.5. The predicted octanol–water partition coefficient (Wildman–Crippen LogP) is 3.25. The molecule has 6 atom stereocenters. The van der Waals surface area contributed by atoms with E-state index in [1.54, 1.807) is 0 Å². The van der Waals surface area contributed by atoms with Crippen molar-refractivity contribution in [2.45, 2.75) is 63.6 Å². The van der Waals surface area contributed by atoms with Crippen LogP contribution in [0.3, 0.4) is 0 Å². The molecule has 0 radical (unpaired) electrons. The minimum absolute atomic E-state index is 0.0138. The maximum atomic E-state index is 12.9. The third-order valence-electron chi connectivity index (χ3n) is 5.77. The summed E-state index contributed by atoms with van der Waals surface area (Å²) in [6, 6.07) is 18.2. The van der Waals surface area contributed by atoms with Gasteiger partial charge < -0.3 is 29.6 Å². The summed E-state index contributed by atoms with van der Waals surface area (Å²) in [6.45, 7) is 3.71. The molecule has 34 heavy (non-hydrogen) atoms. The highest BCUT2D eigenvalue weighted by Gasteiger charge is 2.31. The van der Waals surface area contributed by atoms with Gasteiger partial charge >= 0.3 is 0 Å². The summed E-state index contributed by atoms with van der Waals surface area (Å²) in [7, 11) is 2.99. The highest BCUT2D eigenvalue weighted by atomic mass is 16.7. The molecular formula is C26H34N2O6. The van der Waals surface area contributed by atoms with Gasteiger partial charge in [-0.2, -0.15) is 0 Å². The number of carbonyl (C=O) groups excluding carboxylic acids is 2. The second kappa shape index (κ2) is 12.6. The average molecular weight is 471 g/mol. The van der Waals surface area contributed by atoms with E-state index in [0.29, 0.717) is 0 Å². The van der Waals surface area contributed by atoms with Gasteiger partial charge in [0.25, 0.3) is 0 Å². The minimum atomic E-state index is -0.803. The molecule has 184 valence electrons. The van der Waals surface area contributed by atoms with Gasteiger partial charge in [0.15, 0.2) is 12.6 Å². The topological polar surface area (TPSA) is 95.1 Å². The zero-order valence-electron chi connectivity index (χ0n) is 20.1. The van der Waals surface area contributed by atoms with Crippen LogP contribution in [0.4, 0.5) is 0 Å². The van der Waals surface area contributed by atoms with Gasteiger partial charge in [-0.1, -0.05) is 60.7 Å². The summed E-state index contributed by atoms with van der Waals surface area (Å²) in [5.74, 6) is -0.475. The molecule has 1 aliphatic rings. The number of hydrogen-bond donors (Lipinski definition) is 2. The van der Waals surface area contributed by atoms with E-state index >= 15 is 0 Å². The van der Waals surface area contributed by atoms with E-state index in [1.165, 1.54) is 14.2 Å². The summed E-state index contributed by atoms with van der Waals surface area (Å²) in [5, 5.41) is 5.98. The zero-order chi connectivity index (χ0) is 24.5. The molecule has 2 aromatic carbocycles. The fraction of sp³-hybridized carbons (Fsp3) is 0.462. The Morgan fingerprint density at radius 2 is 1.03 bits per heavy atom. The minimum Gasteiger partial charge on any atom is -0.355 e. The van der Waals surface area contributed by atoms with Crippen molar-refractivity contribution in [3.8, 4) is 0 Å². The van der Waals surface area contributed by atoms with E-state index in [1.807, 2.05) is 74.5 Å². The van der Waals surface area contributed by atoms with Crippen molar-refractivity contribution < 1.29 is 28.5 Å². The third-order valence-corrected chi connectivity index (χ3v) is 5.77. The van der Waals surface area contributed by atoms with Crippen molar-refractivity contribution >= 4 is 11.8 Å². The SMILES string of the molecule is CO[C@@H]1CC(=O)N[C@@H](C)[C@@H](c2ccccc2)O[C@H](OC)CC(=O)N[C@@H](C)[C@@H](c2ccccc2)O1. The predicted molar refractivity (Wildman–Crippen MR) is 127 cm³/mol. The lowest BCUT2D eigenvalue weighted by molar-refractivity contribution is -0.184. The first kappa shape index (κ1) is 25.8. The van der Waals surface area contributed by atoms with Crippen LogP contribution in [0.1, 0.15) is 50.0 Å². The number of hydrogen-bond acceptors (Lipinski definition) is 6. The molecule has 2 aromatic rings. The number of ether oxygens (including phenoxy) is 4. The monoisotopic (exact) mass is 470 g/mol. The standard InChI is InChI=1S/C26H34N2O6/c1-17-25(19-11-7-5-8-12-19)33-23(31-3)16-22(30)28-18(2)26(20-13-9-6-10-14-20)34-24(32-4)15-21(29)27-17/h5-14,17-18,23-26H,15-16H2,1-4H3,(H,27,29)(H,28,30)/t17-,18-,23-,24-,25-,26-/m0/s1. The smallest absolute Gasteiger partial charge is 0.225 e. The Morgan fingerprint density at radius 3 is 1.35 bits per heavy atom. The summed E-state index contributed by atoms with van der Waals surface area (Å²) >= 11 is 0. The lowest BCUT2D eigenvalue weighted by Crippen LogP contribution is -2.45. The fourth-order valence-corrected chi connectivity index (χ4v) is 4.04.